The largest absolute Gasteiger partial charge is 0.544 e. The minimum Gasteiger partial charge on any atom is -0.544 e. The van der Waals surface area contributed by atoms with Crippen molar-refractivity contribution in [3.63, 3.8) is 0 Å². The second kappa shape index (κ2) is 4.42. The molecule has 92 valence electrons. The highest BCUT2D eigenvalue weighted by Crippen LogP contribution is 2.29. The lowest BCUT2D eigenvalue weighted by atomic mass is 9.96. The average molecular weight is 260 g/mol. The number of nitrogens with zero attached hydrogens (tertiary/aromatic N) is 1. The summed E-state index contributed by atoms with van der Waals surface area (Å²) in [5.41, 5.74) is 2.37. The first kappa shape index (κ1) is 11.2. The van der Waals surface area contributed by atoms with E-state index >= 15 is 0 Å². The van der Waals surface area contributed by atoms with Crippen molar-refractivity contribution in [1.82, 2.24) is 0 Å². The first-order chi connectivity index (χ1) is 8.75. The third-order valence-corrected chi connectivity index (χ3v) is 3.84. The maximum Gasteiger partial charge on any atom is 0.112 e. The van der Waals surface area contributed by atoms with Crippen LogP contribution in [-0.4, -0.2) is 11.7 Å². The summed E-state index contributed by atoms with van der Waals surface area (Å²) in [5, 5.41) is 12.6. The van der Waals surface area contributed by atoms with Crippen molar-refractivity contribution in [3.05, 3.63) is 40.0 Å². The van der Waals surface area contributed by atoms with E-state index in [1.807, 2.05) is 6.07 Å². The molecule has 2 aromatic heterocycles. The lowest BCUT2D eigenvalue weighted by molar-refractivity contribution is -0.254. The number of aliphatic imine (C=N–C) groups is 1. The molecule has 0 unspecified atom stereocenters. The molecule has 0 saturated carbocycles. The van der Waals surface area contributed by atoms with E-state index in [0.717, 1.165) is 47.6 Å². The van der Waals surface area contributed by atoms with Gasteiger partial charge < -0.3 is 14.3 Å². The fourth-order valence-electron chi connectivity index (χ4n) is 2.15. The molecule has 3 rings (SSSR count). The topological polar surface area (TPSA) is 65.6 Å². The molecule has 5 heteroatoms. The van der Waals surface area contributed by atoms with Crippen LogP contribution >= 0.6 is 11.3 Å². The van der Waals surface area contributed by atoms with Gasteiger partial charge in [0.2, 0.25) is 0 Å². The third-order valence-electron chi connectivity index (χ3n) is 2.96. The lowest BCUT2D eigenvalue weighted by Crippen LogP contribution is -2.21. The summed E-state index contributed by atoms with van der Waals surface area (Å²) < 4.78 is 5.38. The number of hydrogen-bond donors (Lipinski definition) is 0. The SMILES string of the molecule is O=C([O-])c1sccc1N=C1CCCc2occc21. The summed E-state index contributed by atoms with van der Waals surface area (Å²) >= 11 is 1.14. The van der Waals surface area contributed by atoms with Crippen LogP contribution in [0.1, 0.15) is 33.8 Å². The van der Waals surface area contributed by atoms with E-state index < -0.39 is 5.97 Å². The van der Waals surface area contributed by atoms with Crippen LogP contribution in [0.2, 0.25) is 0 Å². The summed E-state index contributed by atoms with van der Waals surface area (Å²) in [7, 11) is 0. The highest BCUT2D eigenvalue weighted by atomic mass is 32.1. The second-order valence-electron chi connectivity index (χ2n) is 4.09. The van der Waals surface area contributed by atoms with Crippen molar-refractivity contribution in [1.29, 1.82) is 0 Å². The standard InChI is InChI=1S/C13H11NO3S/c15-13(16)12-10(5-7-18-12)14-9-2-1-3-11-8(9)4-6-17-11/h4-7H,1-3H2,(H,15,16)/p-1. The summed E-state index contributed by atoms with van der Waals surface area (Å²) in [6.45, 7) is 0. The van der Waals surface area contributed by atoms with E-state index in [-0.39, 0.29) is 4.88 Å². The summed E-state index contributed by atoms with van der Waals surface area (Å²) in [5.74, 6) is -0.238. The molecule has 2 aromatic rings. The first-order valence-corrected chi connectivity index (χ1v) is 6.57. The van der Waals surface area contributed by atoms with Crippen molar-refractivity contribution >= 4 is 28.7 Å². The van der Waals surface area contributed by atoms with Gasteiger partial charge in [0.25, 0.3) is 0 Å². The Morgan fingerprint density at radius 2 is 2.28 bits per heavy atom. The molecule has 0 N–H and O–H groups in total. The molecule has 0 aliphatic heterocycles. The van der Waals surface area contributed by atoms with Gasteiger partial charge in [0, 0.05) is 12.0 Å². The highest BCUT2D eigenvalue weighted by Gasteiger charge is 2.18. The van der Waals surface area contributed by atoms with E-state index in [1.165, 1.54) is 0 Å². The zero-order chi connectivity index (χ0) is 12.5. The minimum absolute atomic E-state index is 0.179. The van der Waals surface area contributed by atoms with Gasteiger partial charge >= 0.3 is 0 Å². The molecule has 0 radical (unpaired) electrons. The van der Waals surface area contributed by atoms with E-state index in [0.29, 0.717) is 5.69 Å². The molecule has 2 heterocycles. The Bertz CT molecular complexity index is 624. The number of carboxylic acid groups (broad SMARTS) is 1. The van der Waals surface area contributed by atoms with Gasteiger partial charge in [0.1, 0.15) is 5.76 Å². The predicted octanol–water partition coefficient (Wildman–Crippen LogP) is 2.16. The molecular formula is C13H10NO3S-. The molecule has 0 fully saturated rings. The maximum atomic E-state index is 10.9. The fraction of sp³-hybridized carbons (Fsp3) is 0.231. The van der Waals surface area contributed by atoms with Gasteiger partial charge in [0.05, 0.1) is 28.5 Å². The van der Waals surface area contributed by atoms with Crippen LogP contribution in [0.4, 0.5) is 5.69 Å². The van der Waals surface area contributed by atoms with Crippen molar-refractivity contribution < 1.29 is 14.3 Å². The van der Waals surface area contributed by atoms with Gasteiger partial charge in [-0.1, -0.05) is 0 Å². The van der Waals surface area contributed by atoms with Crippen LogP contribution in [0.3, 0.4) is 0 Å². The third kappa shape index (κ3) is 1.86. The van der Waals surface area contributed by atoms with Crippen LogP contribution in [0.5, 0.6) is 0 Å². The molecule has 0 bridgehead atoms. The highest BCUT2D eigenvalue weighted by molar-refractivity contribution is 7.12. The molecular weight excluding hydrogens is 250 g/mol. The number of furan rings is 1. The average Bonchev–Trinajstić information content (AvgIpc) is 2.96. The van der Waals surface area contributed by atoms with E-state index in [2.05, 4.69) is 4.99 Å². The normalized spacial score (nSPS) is 16.8. The molecule has 0 saturated heterocycles. The number of rotatable bonds is 2. The Morgan fingerprint density at radius 3 is 3.11 bits per heavy atom. The van der Waals surface area contributed by atoms with Gasteiger partial charge in [-0.3, -0.25) is 4.99 Å². The Balaban J connectivity index is 2.04. The van der Waals surface area contributed by atoms with Gasteiger partial charge in [-0.25, -0.2) is 0 Å². The van der Waals surface area contributed by atoms with Crippen LogP contribution in [-0.2, 0) is 6.42 Å². The number of aromatic carboxylic acids is 1. The number of thiophene rings is 1. The van der Waals surface area contributed by atoms with E-state index in [1.54, 1.807) is 17.7 Å². The molecule has 0 spiro atoms. The Hall–Kier alpha value is -1.88. The Morgan fingerprint density at radius 1 is 1.39 bits per heavy atom. The molecule has 1 aliphatic carbocycles. The van der Waals surface area contributed by atoms with Crippen molar-refractivity contribution in [2.45, 2.75) is 19.3 Å². The Labute approximate surface area is 108 Å². The number of carbonyl (C=O) groups is 1. The molecule has 0 amide bonds. The van der Waals surface area contributed by atoms with Crippen LogP contribution < -0.4 is 5.11 Å². The molecule has 18 heavy (non-hydrogen) atoms. The van der Waals surface area contributed by atoms with Crippen molar-refractivity contribution in [2.75, 3.05) is 0 Å². The monoisotopic (exact) mass is 260 g/mol. The van der Waals surface area contributed by atoms with E-state index in [4.69, 9.17) is 4.42 Å². The van der Waals surface area contributed by atoms with Crippen LogP contribution in [0, 0.1) is 0 Å². The number of fused-ring (bicyclic) bond motifs is 1. The molecule has 4 nitrogen and oxygen atoms in total. The number of hydrogen-bond acceptors (Lipinski definition) is 5. The predicted molar refractivity (Wildman–Crippen MR) is 66.5 cm³/mol. The molecule has 0 atom stereocenters. The van der Waals surface area contributed by atoms with E-state index in [9.17, 15) is 9.90 Å². The van der Waals surface area contributed by atoms with Crippen LogP contribution in [0.25, 0.3) is 0 Å². The second-order valence-corrected chi connectivity index (χ2v) is 5.01. The quantitative estimate of drug-likeness (QED) is 0.831. The van der Waals surface area contributed by atoms with Crippen molar-refractivity contribution in [2.24, 2.45) is 4.99 Å². The van der Waals surface area contributed by atoms with Crippen LogP contribution in [0.15, 0.2) is 33.2 Å². The zero-order valence-electron chi connectivity index (χ0n) is 9.51. The smallest absolute Gasteiger partial charge is 0.112 e. The minimum atomic E-state index is -1.17. The maximum absolute atomic E-state index is 10.9. The summed E-state index contributed by atoms with van der Waals surface area (Å²) in [4.78, 5) is 15.6. The van der Waals surface area contributed by atoms with Gasteiger partial charge in [-0.15, -0.1) is 11.3 Å². The van der Waals surface area contributed by atoms with Gasteiger partial charge in [-0.05, 0) is 30.4 Å². The summed E-state index contributed by atoms with van der Waals surface area (Å²) in [6, 6.07) is 3.59. The van der Waals surface area contributed by atoms with Gasteiger partial charge in [-0.2, -0.15) is 0 Å². The Kier molecular flexibility index (Phi) is 2.76. The first-order valence-electron chi connectivity index (χ1n) is 5.69. The van der Waals surface area contributed by atoms with Gasteiger partial charge in [0.15, 0.2) is 0 Å². The number of aryl methyl sites for hydroxylation is 1. The lowest BCUT2D eigenvalue weighted by Gasteiger charge is -2.12. The summed E-state index contributed by atoms with van der Waals surface area (Å²) in [6.07, 6.45) is 4.39. The van der Waals surface area contributed by atoms with Crippen molar-refractivity contribution in [3.8, 4) is 0 Å². The fourth-order valence-corrected chi connectivity index (χ4v) is 2.81. The zero-order valence-corrected chi connectivity index (χ0v) is 10.3. The number of carboxylic acids is 1. The number of carbonyl (C=O) groups excluding carboxylic acids is 1. The molecule has 0 aromatic carbocycles. The molecule has 1 aliphatic rings.